The van der Waals surface area contributed by atoms with Crippen LogP contribution in [0.5, 0.6) is 0 Å². The molecule has 0 saturated carbocycles. The molecule has 0 atom stereocenters. The summed E-state index contributed by atoms with van der Waals surface area (Å²) in [5.41, 5.74) is 0. The average molecular weight is 197 g/mol. The summed E-state index contributed by atoms with van der Waals surface area (Å²) in [6, 6.07) is 0. The van der Waals surface area contributed by atoms with Gasteiger partial charge in [0.05, 0.1) is 0 Å². The summed E-state index contributed by atoms with van der Waals surface area (Å²) in [5.74, 6) is 0. The Balaban J connectivity index is -0.000000405. The van der Waals surface area contributed by atoms with Crippen LogP contribution in [0.15, 0.2) is 0 Å². The van der Waals surface area contributed by atoms with Gasteiger partial charge in [0, 0.05) is 0 Å². The smallest absolute Gasteiger partial charge is 0.854 e. The molecule has 0 saturated heterocycles. The third kappa shape index (κ3) is 17.6. The van der Waals surface area contributed by atoms with Crippen LogP contribution in [0.3, 0.4) is 0 Å². The SMILES string of the molecule is CCCCCCCCC[O-].[CH3-].[K+]. The molecule has 70 valence electrons. The van der Waals surface area contributed by atoms with Crippen molar-refractivity contribution in [2.45, 2.75) is 51.9 Å². The van der Waals surface area contributed by atoms with Gasteiger partial charge in [-0.2, -0.15) is 0 Å². The van der Waals surface area contributed by atoms with Gasteiger partial charge < -0.3 is 12.5 Å². The van der Waals surface area contributed by atoms with Crippen LogP contribution in [0.2, 0.25) is 0 Å². The van der Waals surface area contributed by atoms with Gasteiger partial charge in [-0.15, -0.1) is 6.61 Å². The predicted octanol–water partition coefficient (Wildman–Crippen LogP) is -0.448. The third-order valence-corrected chi connectivity index (χ3v) is 1.75. The predicted molar refractivity (Wildman–Crippen MR) is 49.3 cm³/mol. The summed E-state index contributed by atoms with van der Waals surface area (Å²) in [7, 11) is 0. The van der Waals surface area contributed by atoms with Crippen molar-refractivity contribution in [1.29, 1.82) is 0 Å². The van der Waals surface area contributed by atoms with Crippen molar-refractivity contribution in [3.63, 3.8) is 0 Å². The van der Waals surface area contributed by atoms with E-state index < -0.39 is 0 Å². The Morgan fingerprint density at radius 1 is 0.833 bits per heavy atom. The maximum Gasteiger partial charge on any atom is 1.00 e. The molecular weight excluding hydrogens is 175 g/mol. The van der Waals surface area contributed by atoms with E-state index in [0.29, 0.717) is 0 Å². The number of unbranched alkanes of at least 4 members (excludes halogenated alkanes) is 6. The first-order valence-corrected chi connectivity index (χ1v) is 4.50. The maximum absolute atomic E-state index is 10.0. The molecule has 0 unspecified atom stereocenters. The van der Waals surface area contributed by atoms with Gasteiger partial charge in [-0.05, 0) is 0 Å². The number of hydrogen-bond acceptors (Lipinski definition) is 1. The monoisotopic (exact) mass is 197 g/mol. The Morgan fingerprint density at radius 3 is 1.67 bits per heavy atom. The quantitative estimate of drug-likeness (QED) is 0.308. The Morgan fingerprint density at radius 2 is 1.25 bits per heavy atom. The van der Waals surface area contributed by atoms with E-state index in [1.54, 1.807) is 0 Å². The van der Waals surface area contributed by atoms with Crippen LogP contribution in [0.1, 0.15) is 51.9 Å². The molecule has 1 nitrogen and oxygen atoms in total. The molecule has 12 heavy (non-hydrogen) atoms. The zero-order valence-electron chi connectivity index (χ0n) is 9.07. The normalized spacial score (nSPS) is 8.50. The summed E-state index contributed by atoms with van der Waals surface area (Å²) < 4.78 is 0. The summed E-state index contributed by atoms with van der Waals surface area (Å²) in [4.78, 5) is 0. The van der Waals surface area contributed by atoms with E-state index in [4.69, 9.17) is 0 Å². The van der Waals surface area contributed by atoms with Crippen molar-refractivity contribution in [2.24, 2.45) is 0 Å². The van der Waals surface area contributed by atoms with E-state index in [1.165, 1.54) is 32.1 Å². The van der Waals surface area contributed by atoms with Gasteiger partial charge in [0.15, 0.2) is 0 Å². The van der Waals surface area contributed by atoms with Crippen LogP contribution < -0.4 is 56.5 Å². The van der Waals surface area contributed by atoms with Gasteiger partial charge >= 0.3 is 51.4 Å². The molecule has 0 bridgehead atoms. The molecule has 0 aliphatic carbocycles. The molecule has 0 fully saturated rings. The molecule has 2 heteroatoms. The van der Waals surface area contributed by atoms with Crippen LogP contribution in [-0.4, -0.2) is 6.61 Å². The van der Waals surface area contributed by atoms with Crippen molar-refractivity contribution in [2.75, 3.05) is 6.61 Å². The van der Waals surface area contributed by atoms with Crippen molar-refractivity contribution >= 4 is 0 Å². The van der Waals surface area contributed by atoms with Gasteiger partial charge in [-0.3, -0.25) is 0 Å². The zero-order chi connectivity index (χ0) is 7.66. The fourth-order valence-electron chi connectivity index (χ4n) is 1.06. The first-order chi connectivity index (χ1) is 4.91. The summed E-state index contributed by atoms with van der Waals surface area (Å²) in [5, 5.41) is 10.0. The van der Waals surface area contributed by atoms with Crippen molar-refractivity contribution < 1.29 is 56.5 Å². The first kappa shape index (κ1) is 19.2. The van der Waals surface area contributed by atoms with Gasteiger partial charge in [0.2, 0.25) is 0 Å². The van der Waals surface area contributed by atoms with Crippen LogP contribution in [0, 0.1) is 7.43 Å². The minimum absolute atomic E-state index is 0. The van der Waals surface area contributed by atoms with Crippen molar-refractivity contribution in [3.05, 3.63) is 7.43 Å². The summed E-state index contributed by atoms with van der Waals surface area (Å²) >= 11 is 0. The van der Waals surface area contributed by atoms with E-state index in [-0.39, 0.29) is 65.4 Å². The Hall–Kier alpha value is 1.60. The molecule has 0 aromatic heterocycles. The van der Waals surface area contributed by atoms with Gasteiger partial charge in [-0.25, -0.2) is 0 Å². The molecular formula is C10H22KO-. The van der Waals surface area contributed by atoms with Gasteiger partial charge in [-0.1, -0.05) is 51.9 Å². The summed E-state index contributed by atoms with van der Waals surface area (Å²) in [6.07, 6.45) is 8.64. The molecule has 0 N–H and O–H groups in total. The molecule has 0 rings (SSSR count). The van der Waals surface area contributed by atoms with Crippen LogP contribution >= 0.6 is 0 Å². The summed E-state index contributed by atoms with van der Waals surface area (Å²) in [6.45, 7) is 2.34. The minimum atomic E-state index is 0. The van der Waals surface area contributed by atoms with Gasteiger partial charge in [0.25, 0.3) is 0 Å². The molecule has 0 spiro atoms. The Labute approximate surface area is 121 Å². The topological polar surface area (TPSA) is 23.1 Å². The van der Waals surface area contributed by atoms with E-state index >= 15 is 0 Å². The Kier molecular flexibility index (Phi) is 29.5. The van der Waals surface area contributed by atoms with Crippen molar-refractivity contribution in [1.82, 2.24) is 0 Å². The molecule has 0 heterocycles. The van der Waals surface area contributed by atoms with E-state index in [1.807, 2.05) is 0 Å². The number of hydrogen-bond donors (Lipinski definition) is 0. The van der Waals surface area contributed by atoms with E-state index in [0.717, 1.165) is 12.8 Å². The van der Waals surface area contributed by atoms with E-state index in [9.17, 15) is 5.11 Å². The zero-order valence-corrected chi connectivity index (χ0v) is 12.2. The number of rotatable bonds is 7. The van der Waals surface area contributed by atoms with Crippen LogP contribution in [-0.2, 0) is 0 Å². The van der Waals surface area contributed by atoms with Crippen molar-refractivity contribution in [3.8, 4) is 0 Å². The maximum atomic E-state index is 10.0. The standard InChI is InChI=1S/C9H19O.CH3.K/c1-2-3-4-5-6-7-8-9-10;;/h2-9H2,1H3;1H3;/q2*-1;+1. The second-order valence-corrected chi connectivity index (χ2v) is 2.83. The van der Waals surface area contributed by atoms with Gasteiger partial charge in [0.1, 0.15) is 0 Å². The molecule has 0 aromatic rings. The fraction of sp³-hybridized carbons (Fsp3) is 0.900. The van der Waals surface area contributed by atoms with E-state index in [2.05, 4.69) is 6.92 Å². The second kappa shape index (κ2) is 18.4. The molecule has 0 aromatic carbocycles. The Bertz CT molecular complexity index is 49.8. The second-order valence-electron chi connectivity index (χ2n) is 2.83. The average Bonchev–Trinajstić information content (AvgIpc) is 1.97. The largest absolute Gasteiger partial charge is 1.00 e. The first-order valence-electron chi connectivity index (χ1n) is 4.50. The fourth-order valence-corrected chi connectivity index (χ4v) is 1.06. The molecule has 0 radical (unpaired) electrons. The molecule has 0 amide bonds. The van der Waals surface area contributed by atoms with Crippen LogP contribution in [0.25, 0.3) is 0 Å². The van der Waals surface area contributed by atoms with Crippen LogP contribution in [0.4, 0.5) is 0 Å². The molecule has 0 aliphatic rings. The third-order valence-electron chi connectivity index (χ3n) is 1.75. The minimum Gasteiger partial charge on any atom is -0.854 e. The molecule has 0 aliphatic heterocycles.